The van der Waals surface area contributed by atoms with E-state index in [0.29, 0.717) is 12.2 Å². The van der Waals surface area contributed by atoms with Crippen molar-refractivity contribution in [3.63, 3.8) is 0 Å². The summed E-state index contributed by atoms with van der Waals surface area (Å²) >= 11 is 1.61. The fourth-order valence-electron chi connectivity index (χ4n) is 1.80. The third-order valence-corrected chi connectivity index (χ3v) is 4.06. The Bertz CT molecular complexity index is 614. The third kappa shape index (κ3) is 5.14. The van der Waals surface area contributed by atoms with E-state index in [4.69, 9.17) is 15.3 Å². The fraction of sp³-hybridized carbons (Fsp3) is 0.312. The smallest absolute Gasteiger partial charge is 0.362 e. The average Bonchev–Trinajstić information content (AvgIpc) is 2.99. The van der Waals surface area contributed by atoms with E-state index in [1.54, 1.807) is 11.3 Å². The van der Waals surface area contributed by atoms with Crippen molar-refractivity contribution in [3.8, 4) is 5.75 Å². The standard InChI is InChI=1S/C16H20N2O3S/c1-11-5-6-13(8-12(11)2)20-10-16(19)21-18-15(17)9-14-4-3-7-22-14/h3-8,15,18H,9-10,17H2,1-2H3/t15-/m0/s1. The Kier molecular flexibility index (Phi) is 5.94. The van der Waals surface area contributed by atoms with Crippen LogP contribution in [0.2, 0.25) is 0 Å². The van der Waals surface area contributed by atoms with Crippen molar-refractivity contribution in [3.05, 3.63) is 51.7 Å². The zero-order valence-corrected chi connectivity index (χ0v) is 13.5. The minimum Gasteiger partial charge on any atom is -0.482 e. The molecule has 3 N–H and O–H groups in total. The van der Waals surface area contributed by atoms with E-state index in [1.807, 2.05) is 49.6 Å². The summed E-state index contributed by atoms with van der Waals surface area (Å²) in [6.45, 7) is 3.85. The van der Waals surface area contributed by atoms with Crippen LogP contribution in [0.15, 0.2) is 35.7 Å². The summed E-state index contributed by atoms with van der Waals surface area (Å²) in [6, 6.07) is 9.60. The van der Waals surface area contributed by atoms with Gasteiger partial charge in [-0.1, -0.05) is 12.1 Å². The van der Waals surface area contributed by atoms with E-state index in [9.17, 15) is 4.79 Å². The van der Waals surface area contributed by atoms with Crippen LogP contribution < -0.4 is 16.0 Å². The molecule has 0 unspecified atom stereocenters. The first-order chi connectivity index (χ1) is 10.5. The lowest BCUT2D eigenvalue weighted by Crippen LogP contribution is -2.41. The summed E-state index contributed by atoms with van der Waals surface area (Å²) in [5.41, 5.74) is 10.7. The first-order valence-electron chi connectivity index (χ1n) is 6.98. The second kappa shape index (κ2) is 7.93. The molecule has 0 amide bonds. The Balaban J connectivity index is 1.70. The van der Waals surface area contributed by atoms with Gasteiger partial charge in [0.1, 0.15) is 5.75 Å². The molecule has 0 radical (unpaired) electrons. The Labute approximate surface area is 134 Å². The highest BCUT2D eigenvalue weighted by Crippen LogP contribution is 2.16. The number of benzene rings is 1. The Morgan fingerprint density at radius 1 is 1.32 bits per heavy atom. The SMILES string of the molecule is Cc1ccc(OCC(=O)ON[C@H](N)Cc2cccs2)cc1C. The van der Waals surface area contributed by atoms with Crippen LogP contribution >= 0.6 is 11.3 Å². The van der Waals surface area contributed by atoms with Crippen LogP contribution in [-0.4, -0.2) is 18.7 Å². The molecule has 1 aromatic heterocycles. The zero-order valence-electron chi connectivity index (χ0n) is 12.7. The van der Waals surface area contributed by atoms with Crippen LogP contribution in [0.3, 0.4) is 0 Å². The normalized spacial score (nSPS) is 12.0. The van der Waals surface area contributed by atoms with E-state index in [0.717, 1.165) is 10.4 Å². The van der Waals surface area contributed by atoms with Gasteiger partial charge in [-0.15, -0.1) is 16.8 Å². The molecule has 5 nitrogen and oxygen atoms in total. The number of hydrogen-bond acceptors (Lipinski definition) is 6. The number of aryl methyl sites for hydroxylation is 2. The van der Waals surface area contributed by atoms with Crippen LogP contribution in [0.4, 0.5) is 0 Å². The minimum atomic E-state index is -0.514. The highest BCUT2D eigenvalue weighted by molar-refractivity contribution is 7.09. The van der Waals surface area contributed by atoms with Gasteiger partial charge in [0, 0.05) is 11.3 Å². The average molecular weight is 320 g/mol. The Morgan fingerprint density at radius 3 is 2.82 bits per heavy atom. The molecule has 0 bridgehead atoms. The maximum absolute atomic E-state index is 11.6. The molecule has 1 heterocycles. The lowest BCUT2D eigenvalue weighted by atomic mass is 10.1. The summed E-state index contributed by atoms with van der Waals surface area (Å²) < 4.78 is 5.39. The summed E-state index contributed by atoms with van der Waals surface area (Å²) in [6.07, 6.45) is 0.160. The van der Waals surface area contributed by atoms with Gasteiger partial charge in [-0.25, -0.2) is 4.79 Å². The summed E-state index contributed by atoms with van der Waals surface area (Å²) in [7, 11) is 0. The van der Waals surface area contributed by atoms with Crippen LogP contribution in [0, 0.1) is 13.8 Å². The number of hydrogen-bond donors (Lipinski definition) is 2. The van der Waals surface area contributed by atoms with Crippen molar-refractivity contribution in [1.29, 1.82) is 0 Å². The van der Waals surface area contributed by atoms with Crippen LogP contribution in [0.5, 0.6) is 5.75 Å². The second-order valence-corrected chi connectivity index (χ2v) is 6.05. The predicted molar refractivity (Wildman–Crippen MR) is 86.6 cm³/mol. The Morgan fingerprint density at radius 2 is 2.14 bits per heavy atom. The third-order valence-electron chi connectivity index (χ3n) is 3.16. The first kappa shape index (κ1) is 16.5. The highest BCUT2D eigenvalue weighted by atomic mass is 32.1. The van der Waals surface area contributed by atoms with Gasteiger partial charge in [0.15, 0.2) is 6.61 Å². The molecule has 2 rings (SSSR count). The molecule has 22 heavy (non-hydrogen) atoms. The van der Waals surface area contributed by atoms with Crippen molar-refractivity contribution in [2.45, 2.75) is 26.4 Å². The van der Waals surface area contributed by atoms with Gasteiger partial charge < -0.3 is 15.3 Å². The molecule has 0 saturated heterocycles. The van der Waals surface area contributed by atoms with Crippen molar-refractivity contribution in [2.24, 2.45) is 5.73 Å². The van der Waals surface area contributed by atoms with Crippen LogP contribution in [0.1, 0.15) is 16.0 Å². The second-order valence-electron chi connectivity index (χ2n) is 5.02. The monoisotopic (exact) mass is 320 g/mol. The van der Waals surface area contributed by atoms with Gasteiger partial charge in [-0.05, 0) is 48.6 Å². The van der Waals surface area contributed by atoms with Crippen molar-refractivity contribution >= 4 is 17.3 Å². The number of hydroxylamine groups is 1. The molecule has 1 atom stereocenters. The largest absolute Gasteiger partial charge is 0.482 e. The summed E-state index contributed by atoms with van der Waals surface area (Å²) in [5, 5.41) is 1.98. The van der Waals surface area contributed by atoms with Crippen LogP contribution in [-0.2, 0) is 16.1 Å². The maximum atomic E-state index is 11.6. The van der Waals surface area contributed by atoms with E-state index in [2.05, 4.69) is 5.48 Å². The quantitative estimate of drug-likeness (QED) is 0.605. The number of carbonyl (C=O) groups is 1. The molecule has 1 aromatic carbocycles. The van der Waals surface area contributed by atoms with Crippen molar-refractivity contribution in [2.75, 3.05) is 6.61 Å². The first-order valence-corrected chi connectivity index (χ1v) is 7.86. The fourth-order valence-corrected chi connectivity index (χ4v) is 2.57. The van der Waals surface area contributed by atoms with E-state index in [1.165, 1.54) is 5.56 Å². The number of ether oxygens (including phenoxy) is 1. The van der Waals surface area contributed by atoms with Crippen molar-refractivity contribution < 1.29 is 14.4 Å². The van der Waals surface area contributed by atoms with E-state index in [-0.39, 0.29) is 6.61 Å². The molecule has 0 spiro atoms. The van der Waals surface area contributed by atoms with Gasteiger partial charge in [-0.2, -0.15) is 0 Å². The van der Waals surface area contributed by atoms with Gasteiger partial charge in [0.25, 0.3) is 0 Å². The number of nitrogens with two attached hydrogens (primary N) is 1. The molecule has 0 aliphatic rings. The number of nitrogens with one attached hydrogen (secondary N) is 1. The molecule has 0 fully saturated rings. The summed E-state index contributed by atoms with van der Waals surface area (Å²) in [4.78, 5) is 17.6. The van der Waals surface area contributed by atoms with Gasteiger partial charge in [-0.3, -0.25) is 0 Å². The molecule has 0 aliphatic heterocycles. The maximum Gasteiger partial charge on any atom is 0.362 e. The molecule has 2 aromatic rings. The van der Waals surface area contributed by atoms with Crippen LogP contribution in [0.25, 0.3) is 0 Å². The topological polar surface area (TPSA) is 73.6 Å². The lowest BCUT2D eigenvalue weighted by Gasteiger charge is -2.13. The van der Waals surface area contributed by atoms with Crippen molar-refractivity contribution in [1.82, 2.24) is 5.48 Å². The van der Waals surface area contributed by atoms with Gasteiger partial charge in [0.05, 0.1) is 6.17 Å². The Hall–Kier alpha value is -1.89. The molecular formula is C16H20N2O3S. The number of thiophene rings is 1. The molecule has 0 saturated carbocycles. The van der Waals surface area contributed by atoms with E-state index < -0.39 is 12.1 Å². The van der Waals surface area contributed by atoms with Gasteiger partial charge >= 0.3 is 5.97 Å². The lowest BCUT2D eigenvalue weighted by molar-refractivity contribution is -0.155. The molecule has 118 valence electrons. The van der Waals surface area contributed by atoms with Gasteiger partial charge in [0.2, 0.25) is 0 Å². The highest BCUT2D eigenvalue weighted by Gasteiger charge is 2.09. The molecule has 6 heteroatoms. The van der Waals surface area contributed by atoms with E-state index >= 15 is 0 Å². The summed E-state index contributed by atoms with van der Waals surface area (Å²) in [5.74, 6) is 0.128. The number of carbonyl (C=O) groups excluding carboxylic acids is 1. The predicted octanol–water partition coefficient (Wildman–Crippen LogP) is 2.32. The molecular weight excluding hydrogens is 300 g/mol. The number of rotatable bonds is 7. The zero-order chi connectivity index (χ0) is 15.9. The molecule has 0 aliphatic carbocycles. The minimum absolute atomic E-state index is 0.165.